The number of carbonyl (C=O) groups is 3. The van der Waals surface area contributed by atoms with E-state index in [9.17, 15) is 18.8 Å². The maximum atomic E-state index is 13.9. The summed E-state index contributed by atoms with van der Waals surface area (Å²) in [6.45, 7) is 2.69. The highest BCUT2D eigenvalue weighted by Crippen LogP contribution is 2.37. The number of hydroxylamine groups is 2. The Bertz CT molecular complexity index is 1290. The Morgan fingerprint density at radius 2 is 2.03 bits per heavy atom. The van der Waals surface area contributed by atoms with Gasteiger partial charge in [0.1, 0.15) is 39.5 Å². The Labute approximate surface area is 204 Å². The van der Waals surface area contributed by atoms with Crippen molar-refractivity contribution in [2.75, 3.05) is 18.5 Å². The molecule has 2 aliphatic heterocycles. The lowest BCUT2D eigenvalue weighted by molar-refractivity contribution is -0.172. The van der Waals surface area contributed by atoms with E-state index in [0.29, 0.717) is 57.7 Å². The van der Waals surface area contributed by atoms with Crippen LogP contribution in [0.25, 0.3) is 10.2 Å². The van der Waals surface area contributed by atoms with Crippen LogP contribution in [0.15, 0.2) is 24.5 Å². The van der Waals surface area contributed by atoms with Gasteiger partial charge in [-0.25, -0.2) is 19.2 Å². The number of nitrogens with zero attached hydrogens (tertiary/aromatic N) is 3. The summed E-state index contributed by atoms with van der Waals surface area (Å²) in [4.78, 5) is 50.6. The van der Waals surface area contributed by atoms with Crippen LogP contribution in [0.4, 0.5) is 15.9 Å². The Morgan fingerprint density at radius 3 is 2.74 bits per heavy atom. The molecule has 0 saturated carbocycles. The van der Waals surface area contributed by atoms with Crippen molar-refractivity contribution in [1.29, 1.82) is 0 Å². The molecule has 1 atom stereocenters. The topological polar surface area (TPSA) is 120 Å². The van der Waals surface area contributed by atoms with Gasteiger partial charge < -0.3 is 19.6 Å². The summed E-state index contributed by atoms with van der Waals surface area (Å²) in [5.74, 6) is -1.71. The van der Waals surface area contributed by atoms with Crippen LogP contribution in [0, 0.1) is 12.7 Å². The van der Waals surface area contributed by atoms with Gasteiger partial charge in [-0.15, -0.1) is 16.4 Å². The first-order valence-electron chi connectivity index (χ1n) is 10.5. The fourth-order valence-electron chi connectivity index (χ4n) is 3.75. The Kier molecular flexibility index (Phi) is 6.94. The van der Waals surface area contributed by atoms with E-state index in [2.05, 4.69) is 15.3 Å². The molecule has 2 fully saturated rings. The van der Waals surface area contributed by atoms with E-state index in [1.807, 2.05) is 0 Å². The largest absolute Gasteiger partial charge is 0.486 e. The minimum atomic E-state index is -0.831. The number of amides is 2. The van der Waals surface area contributed by atoms with Crippen LogP contribution < -0.4 is 10.1 Å². The van der Waals surface area contributed by atoms with Crippen LogP contribution in [-0.4, -0.2) is 52.1 Å². The zero-order chi connectivity index (χ0) is 23.8. The van der Waals surface area contributed by atoms with Crippen molar-refractivity contribution < 1.29 is 33.1 Å². The van der Waals surface area contributed by atoms with Crippen molar-refractivity contribution in [1.82, 2.24) is 15.0 Å². The Morgan fingerprint density at radius 1 is 1.26 bits per heavy atom. The summed E-state index contributed by atoms with van der Waals surface area (Å²) < 4.78 is 25.2. The average Bonchev–Trinajstić information content (AvgIpc) is 3.52. The molecule has 1 aromatic carbocycles. The number of hydrogen-bond donors (Lipinski definition) is 1. The normalized spacial score (nSPS) is 17.5. The molecule has 2 aliphatic rings. The van der Waals surface area contributed by atoms with Gasteiger partial charge in [-0.3, -0.25) is 9.59 Å². The number of nitrogens with one attached hydrogen (secondary N) is 1. The van der Waals surface area contributed by atoms with Gasteiger partial charge in [-0.2, -0.15) is 0 Å². The second-order valence-corrected chi connectivity index (χ2v) is 8.79. The maximum absolute atomic E-state index is 13.9. The summed E-state index contributed by atoms with van der Waals surface area (Å²) in [5, 5.41) is 4.21. The highest BCUT2D eigenvalue weighted by atomic mass is 32.1. The maximum Gasteiger partial charge on any atom is 0.374 e. The first-order chi connectivity index (χ1) is 16.4. The third kappa shape index (κ3) is 4.80. The molecule has 5 rings (SSSR count). The number of fused-ring (bicyclic) bond motifs is 1. The molecule has 2 saturated heterocycles. The highest BCUT2D eigenvalue weighted by Gasteiger charge is 2.34. The molecule has 10 nitrogen and oxygen atoms in total. The molecule has 2 amide bonds. The number of benzene rings is 1. The molecular formula is C23H23FN4O6S. The van der Waals surface area contributed by atoms with Gasteiger partial charge in [-0.05, 0) is 24.6 Å². The lowest BCUT2D eigenvalue weighted by atomic mass is 10.2. The summed E-state index contributed by atoms with van der Waals surface area (Å²) in [7, 11) is 0. The Hall–Kier alpha value is -3.64. The molecular weight excluding hydrogens is 479 g/mol. The van der Waals surface area contributed by atoms with Crippen LogP contribution in [0.5, 0.6) is 5.75 Å². The second-order valence-electron chi connectivity index (χ2n) is 7.79. The molecule has 35 heavy (non-hydrogen) atoms. The predicted molar refractivity (Wildman–Crippen MR) is 125 cm³/mol. The SMILES string of the molecule is C.Cc1c(C(=O)ON2C(=O)CCC2=O)sc2ncnc(Nc3ccc(F)cc3O[C@H]3CCOC3)c12. The van der Waals surface area contributed by atoms with Crippen molar-refractivity contribution in [2.24, 2.45) is 0 Å². The van der Waals surface area contributed by atoms with Crippen molar-refractivity contribution in [3.8, 4) is 5.75 Å². The van der Waals surface area contributed by atoms with Gasteiger partial charge in [0.05, 0.1) is 24.3 Å². The lowest BCUT2D eigenvalue weighted by Gasteiger charge is -2.17. The smallest absolute Gasteiger partial charge is 0.374 e. The minimum absolute atomic E-state index is 0. The number of aryl methyl sites for hydroxylation is 1. The van der Waals surface area contributed by atoms with Crippen LogP contribution in [0.1, 0.15) is 41.9 Å². The monoisotopic (exact) mass is 502 g/mol. The Balaban J connectivity index is 0.00000289. The number of anilines is 2. The first-order valence-corrected chi connectivity index (χ1v) is 11.4. The van der Waals surface area contributed by atoms with E-state index in [1.165, 1.54) is 24.5 Å². The van der Waals surface area contributed by atoms with Crippen molar-refractivity contribution in [3.05, 3.63) is 40.8 Å². The molecule has 0 aliphatic carbocycles. The van der Waals surface area contributed by atoms with E-state index in [1.54, 1.807) is 6.92 Å². The number of halogens is 1. The molecule has 12 heteroatoms. The van der Waals surface area contributed by atoms with Gasteiger partial charge in [-0.1, -0.05) is 7.43 Å². The predicted octanol–water partition coefficient (Wildman–Crippen LogP) is 3.91. The summed E-state index contributed by atoms with van der Waals surface area (Å²) in [5.41, 5.74) is 0.997. The molecule has 4 heterocycles. The lowest BCUT2D eigenvalue weighted by Crippen LogP contribution is -2.31. The van der Waals surface area contributed by atoms with Crippen LogP contribution in [0.2, 0.25) is 0 Å². The van der Waals surface area contributed by atoms with Crippen molar-refractivity contribution in [3.63, 3.8) is 0 Å². The number of thiophene rings is 1. The van der Waals surface area contributed by atoms with E-state index in [4.69, 9.17) is 14.3 Å². The van der Waals surface area contributed by atoms with Crippen LogP contribution >= 0.6 is 11.3 Å². The van der Waals surface area contributed by atoms with Crippen molar-refractivity contribution >= 4 is 50.8 Å². The third-order valence-corrected chi connectivity index (χ3v) is 6.65. The molecule has 0 unspecified atom stereocenters. The van der Waals surface area contributed by atoms with Crippen LogP contribution in [-0.2, 0) is 19.2 Å². The van der Waals surface area contributed by atoms with E-state index >= 15 is 0 Å². The second kappa shape index (κ2) is 9.92. The van der Waals surface area contributed by atoms with Crippen molar-refractivity contribution in [2.45, 2.75) is 39.7 Å². The average molecular weight is 503 g/mol. The number of rotatable bonds is 6. The van der Waals surface area contributed by atoms with E-state index < -0.39 is 23.6 Å². The quantitative estimate of drug-likeness (QED) is 0.500. The van der Waals surface area contributed by atoms with Gasteiger partial charge in [0.2, 0.25) is 0 Å². The number of ether oxygens (including phenoxy) is 2. The van der Waals surface area contributed by atoms with E-state index in [0.717, 1.165) is 11.3 Å². The first kappa shape index (κ1) is 24.5. The molecule has 0 bridgehead atoms. The van der Waals surface area contributed by atoms with Gasteiger partial charge in [0.25, 0.3) is 11.8 Å². The molecule has 0 radical (unpaired) electrons. The summed E-state index contributed by atoms with van der Waals surface area (Å²) in [6.07, 6.45) is 1.86. The fourth-order valence-corrected chi connectivity index (χ4v) is 4.77. The standard InChI is InChI=1S/C22H19FN4O6S.CH4/c1-11-18-20(26-14-3-2-12(23)8-15(14)32-13-6-7-31-9-13)24-10-25-21(18)34-19(11)22(30)33-27-16(28)4-5-17(27)29;/h2-3,8,10,13H,4-7,9H2,1H3,(H,24,25,26);1H4/t13-;/m0./s1. The molecule has 1 N–H and O–H groups in total. The number of carbonyl (C=O) groups excluding carboxylic acids is 3. The zero-order valence-electron chi connectivity index (χ0n) is 18.0. The molecule has 0 spiro atoms. The minimum Gasteiger partial charge on any atom is -0.486 e. The molecule has 2 aromatic heterocycles. The van der Waals surface area contributed by atoms with Gasteiger partial charge in [0, 0.05) is 25.3 Å². The summed E-state index contributed by atoms with van der Waals surface area (Å²) in [6, 6.07) is 4.12. The van der Waals surface area contributed by atoms with E-state index in [-0.39, 0.29) is 31.2 Å². The summed E-state index contributed by atoms with van der Waals surface area (Å²) >= 11 is 1.05. The van der Waals surface area contributed by atoms with Gasteiger partial charge in [0.15, 0.2) is 0 Å². The fraction of sp³-hybridized carbons (Fsp3) is 0.348. The van der Waals surface area contributed by atoms with Crippen LogP contribution in [0.3, 0.4) is 0 Å². The zero-order valence-corrected chi connectivity index (χ0v) is 18.8. The molecule has 184 valence electrons. The van der Waals surface area contributed by atoms with Gasteiger partial charge >= 0.3 is 5.97 Å². The third-order valence-electron chi connectivity index (χ3n) is 5.47. The number of imide groups is 1. The highest BCUT2D eigenvalue weighted by molar-refractivity contribution is 7.20. The molecule has 3 aromatic rings. The number of aromatic nitrogens is 2. The number of hydrogen-bond acceptors (Lipinski definition) is 10.